The van der Waals surface area contributed by atoms with Crippen LogP contribution in [0, 0.1) is 17.0 Å². The SMILES string of the molecule is Cc1cc([N+](=O)[O-])nn1CC(=O)Nc1ccc(Br)c2cccnc12. The van der Waals surface area contributed by atoms with Crippen LogP contribution in [0.5, 0.6) is 0 Å². The summed E-state index contributed by atoms with van der Waals surface area (Å²) in [5.41, 5.74) is 1.76. The van der Waals surface area contributed by atoms with Gasteiger partial charge in [0.05, 0.1) is 28.1 Å². The maximum atomic E-state index is 12.3. The molecule has 1 N–H and O–H groups in total. The van der Waals surface area contributed by atoms with Gasteiger partial charge in [0, 0.05) is 16.1 Å². The van der Waals surface area contributed by atoms with Gasteiger partial charge >= 0.3 is 5.82 Å². The van der Waals surface area contributed by atoms with Gasteiger partial charge in [-0.05, 0) is 30.0 Å². The van der Waals surface area contributed by atoms with Crippen molar-refractivity contribution in [3.05, 3.63) is 56.8 Å². The van der Waals surface area contributed by atoms with Gasteiger partial charge in [-0.3, -0.25) is 9.78 Å². The van der Waals surface area contributed by atoms with Gasteiger partial charge in [0.25, 0.3) is 0 Å². The molecular formula is C15H12BrN5O3. The Morgan fingerprint density at radius 3 is 2.92 bits per heavy atom. The van der Waals surface area contributed by atoms with Crippen molar-refractivity contribution in [2.75, 3.05) is 5.32 Å². The minimum atomic E-state index is -0.590. The first-order valence-electron chi connectivity index (χ1n) is 6.97. The molecular weight excluding hydrogens is 378 g/mol. The van der Waals surface area contributed by atoms with E-state index in [1.807, 2.05) is 18.2 Å². The average molecular weight is 390 g/mol. The molecule has 3 rings (SSSR count). The number of anilines is 1. The van der Waals surface area contributed by atoms with E-state index < -0.39 is 4.92 Å². The standard InChI is InChI=1S/C15H12BrN5O3/c1-9-7-13(21(23)24)19-20(9)8-14(22)18-12-5-4-11(16)10-3-2-6-17-15(10)12/h2-7H,8H2,1H3,(H,18,22). The van der Waals surface area contributed by atoms with E-state index in [4.69, 9.17) is 0 Å². The zero-order chi connectivity index (χ0) is 17.3. The maximum absolute atomic E-state index is 12.3. The van der Waals surface area contributed by atoms with Crippen molar-refractivity contribution in [3.8, 4) is 0 Å². The van der Waals surface area contributed by atoms with Gasteiger partial charge in [-0.2, -0.15) is 4.68 Å². The molecule has 0 saturated carbocycles. The summed E-state index contributed by atoms with van der Waals surface area (Å²) in [5, 5.41) is 18.2. The summed E-state index contributed by atoms with van der Waals surface area (Å²) in [4.78, 5) is 26.7. The van der Waals surface area contributed by atoms with Crippen LogP contribution >= 0.6 is 15.9 Å². The second-order valence-electron chi connectivity index (χ2n) is 5.10. The van der Waals surface area contributed by atoms with E-state index in [0.29, 0.717) is 16.9 Å². The van der Waals surface area contributed by atoms with Gasteiger partial charge in [-0.15, -0.1) is 0 Å². The van der Waals surface area contributed by atoms with Crippen LogP contribution in [0.4, 0.5) is 11.5 Å². The van der Waals surface area contributed by atoms with Crippen LogP contribution in [0.2, 0.25) is 0 Å². The third-order valence-corrected chi connectivity index (χ3v) is 4.13. The predicted molar refractivity (Wildman–Crippen MR) is 91.7 cm³/mol. The Kier molecular flexibility index (Phi) is 4.26. The number of nitro groups is 1. The summed E-state index contributed by atoms with van der Waals surface area (Å²) in [5.74, 6) is -0.624. The number of aryl methyl sites for hydroxylation is 1. The molecule has 3 aromatic rings. The molecule has 8 nitrogen and oxygen atoms in total. The second kappa shape index (κ2) is 6.36. The van der Waals surface area contributed by atoms with Crippen LogP contribution in [-0.2, 0) is 11.3 Å². The monoisotopic (exact) mass is 389 g/mol. The van der Waals surface area contributed by atoms with Gasteiger partial charge in [0.1, 0.15) is 6.54 Å². The van der Waals surface area contributed by atoms with Crippen LogP contribution in [0.25, 0.3) is 10.9 Å². The topological polar surface area (TPSA) is 103 Å². The molecule has 24 heavy (non-hydrogen) atoms. The number of carbonyl (C=O) groups is 1. The van der Waals surface area contributed by atoms with E-state index in [9.17, 15) is 14.9 Å². The highest BCUT2D eigenvalue weighted by Gasteiger charge is 2.18. The van der Waals surface area contributed by atoms with E-state index >= 15 is 0 Å². The van der Waals surface area contributed by atoms with Gasteiger partial charge in [-0.1, -0.05) is 22.0 Å². The molecule has 2 aromatic heterocycles. The summed E-state index contributed by atoms with van der Waals surface area (Å²) >= 11 is 3.45. The molecule has 0 spiro atoms. The molecule has 0 unspecified atom stereocenters. The number of benzene rings is 1. The third kappa shape index (κ3) is 3.11. The first-order chi connectivity index (χ1) is 11.5. The maximum Gasteiger partial charge on any atom is 0.390 e. The molecule has 1 aromatic carbocycles. The van der Waals surface area contributed by atoms with Crippen LogP contribution < -0.4 is 5.32 Å². The predicted octanol–water partition coefficient (Wildman–Crippen LogP) is 3.05. The number of hydrogen-bond acceptors (Lipinski definition) is 5. The van der Waals surface area contributed by atoms with Crippen molar-refractivity contribution >= 4 is 44.2 Å². The Hall–Kier alpha value is -2.81. The highest BCUT2D eigenvalue weighted by Crippen LogP contribution is 2.28. The molecule has 0 aliphatic heterocycles. The number of amides is 1. The van der Waals surface area contributed by atoms with E-state index in [0.717, 1.165) is 9.86 Å². The van der Waals surface area contributed by atoms with Gasteiger partial charge < -0.3 is 15.4 Å². The zero-order valence-electron chi connectivity index (χ0n) is 12.6. The lowest BCUT2D eigenvalue weighted by atomic mass is 10.2. The first kappa shape index (κ1) is 16.1. The fourth-order valence-corrected chi connectivity index (χ4v) is 2.76. The number of nitrogens with one attached hydrogen (secondary N) is 1. The normalized spacial score (nSPS) is 10.8. The fourth-order valence-electron chi connectivity index (χ4n) is 2.31. The number of rotatable bonds is 4. The molecule has 122 valence electrons. The fraction of sp³-hybridized carbons (Fsp3) is 0.133. The number of carbonyl (C=O) groups excluding carboxylic acids is 1. The molecule has 0 radical (unpaired) electrons. The number of fused-ring (bicyclic) bond motifs is 1. The smallest absolute Gasteiger partial charge is 0.358 e. The molecule has 0 aliphatic carbocycles. The minimum Gasteiger partial charge on any atom is -0.358 e. The van der Waals surface area contributed by atoms with E-state index in [-0.39, 0.29) is 18.3 Å². The van der Waals surface area contributed by atoms with Crippen LogP contribution in [0.15, 0.2) is 41.0 Å². The summed E-state index contributed by atoms with van der Waals surface area (Å²) < 4.78 is 2.17. The lowest BCUT2D eigenvalue weighted by Gasteiger charge is -2.09. The Labute approximate surface area is 144 Å². The summed E-state index contributed by atoms with van der Waals surface area (Å²) in [6.45, 7) is 1.54. The number of aromatic nitrogens is 3. The molecule has 2 heterocycles. The van der Waals surface area contributed by atoms with Crippen LogP contribution in [0.3, 0.4) is 0 Å². The van der Waals surface area contributed by atoms with Crippen molar-refractivity contribution in [2.45, 2.75) is 13.5 Å². The van der Waals surface area contributed by atoms with Crippen molar-refractivity contribution in [1.82, 2.24) is 14.8 Å². The highest BCUT2D eigenvalue weighted by atomic mass is 79.9. The minimum absolute atomic E-state index is 0.121. The Bertz CT molecular complexity index is 953. The van der Waals surface area contributed by atoms with Crippen molar-refractivity contribution in [2.24, 2.45) is 0 Å². The van der Waals surface area contributed by atoms with Gasteiger partial charge in [0.2, 0.25) is 5.91 Å². The molecule has 0 atom stereocenters. The number of hydrogen-bond donors (Lipinski definition) is 1. The summed E-state index contributed by atoms with van der Waals surface area (Å²) in [6.07, 6.45) is 1.64. The molecule has 0 fully saturated rings. The summed E-state index contributed by atoms with van der Waals surface area (Å²) in [7, 11) is 0. The summed E-state index contributed by atoms with van der Waals surface area (Å²) in [6, 6.07) is 8.59. The average Bonchev–Trinajstić information content (AvgIpc) is 2.91. The molecule has 1 amide bonds. The second-order valence-corrected chi connectivity index (χ2v) is 5.96. The Morgan fingerprint density at radius 1 is 1.42 bits per heavy atom. The third-order valence-electron chi connectivity index (χ3n) is 3.44. The van der Waals surface area contributed by atoms with Crippen LogP contribution in [-0.4, -0.2) is 25.6 Å². The van der Waals surface area contributed by atoms with Gasteiger partial charge in [0.15, 0.2) is 0 Å². The van der Waals surface area contributed by atoms with Crippen molar-refractivity contribution in [1.29, 1.82) is 0 Å². The molecule has 9 heteroatoms. The number of halogens is 1. The van der Waals surface area contributed by atoms with E-state index in [2.05, 4.69) is 31.3 Å². The lowest BCUT2D eigenvalue weighted by Crippen LogP contribution is -2.20. The molecule has 0 aliphatic rings. The lowest BCUT2D eigenvalue weighted by molar-refractivity contribution is -0.389. The van der Waals surface area contributed by atoms with Crippen molar-refractivity contribution < 1.29 is 9.72 Å². The molecule has 0 bridgehead atoms. The number of pyridine rings is 1. The Morgan fingerprint density at radius 2 is 2.21 bits per heavy atom. The number of nitrogens with zero attached hydrogens (tertiary/aromatic N) is 4. The van der Waals surface area contributed by atoms with Crippen molar-refractivity contribution in [3.63, 3.8) is 0 Å². The van der Waals surface area contributed by atoms with E-state index in [1.165, 1.54) is 10.7 Å². The Balaban J connectivity index is 1.83. The quantitative estimate of drug-likeness (QED) is 0.545. The largest absolute Gasteiger partial charge is 0.390 e. The van der Waals surface area contributed by atoms with E-state index in [1.54, 1.807) is 19.2 Å². The first-order valence-corrected chi connectivity index (χ1v) is 7.77. The van der Waals surface area contributed by atoms with Crippen LogP contribution in [0.1, 0.15) is 5.69 Å². The zero-order valence-corrected chi connectivity index (χ0v) is 14.1. The highest BCUT2D eigenvalue weighted by molar-refractivity contribution is 9.10. The van der Waals surface area contributed by atoms with Gasteiger partial charge in [-0.25, -0.2) is 0 Å². The molecule has 0 saturated heterocycles.